The lowest BCUT2D eigenvalue weighted by molar-refractivity contribution is -0.126. The van der Waals surface area contributed by atoms with E-state index in [0.29, 0.717) is 6.42 Å². The minimum absolute atomic E-state index is 0.0813. The fourth-order valence-electron chi connectivity index (χ4n) is 1.90. The van der Waals surface area contributed by atoms with Gasteiger partial charge in [0.25, 0.3) is 0 Å². The predicted octanol–water partition coefficient (Wildman–Crippen LogP) is 0.917. The van der Waals surface area contributed by atoms with Crippen molar-refractivity contribution in [2.75, 3.05) is 26.7 Å². The fourth-order valence-corrected chi connectivity index (χ4v) is 1.90. The van der Waals surface area contributed by atoms with Gasteiger partial charge in [-0.3, -0.25) is 4.79 Å². The number of rotatable bonds is 6. The van der Waals surface area contributed by atoms with Crippen LogP contribution in [0.25, 0.3) is 0 Å². The van der Waals surface area contributed by atoms with Gasteiger partial charge in [-0.25, -0.2) is 0 Å². The van der Waals surface area contributed by atoms with E-state index in [9.17, 15) is 4.79 Å². The summed E-state index contributed by atoms with van der Waals surface area (Å²) in [6.07, 6.45) is 2.73. The van der Waals surface area contributed by atoms with Crippen molar-refractivity contribution in [1.82, 2.24) is 10.6 Å². The van der Waals surface area contributed by atoms with Gasteiger partial charge in [-0.15, -0.1) is 0 Å². The molecule has 1 rings (SSSR count). The van der Waals surface area contributed by atoms with Gasteiger partial charge >= 0.3 is 0 Å². The first-order valence-corrected chi connectivity index (χ1v) is 6.06. The SMILES string of the molecule is COC(C)(C)CC(=O)NCCC1CCNC1. The number of nitrogens with one attached hydrogen (secondary N) is 2. The van der Waals surface area contributed by atoms with Crippen LogP contribution < -0.4 is 10.6 Å². The standard InChI is InChI=1S/C12H24N2O2/c1-12(2,16-3)8-11(15)14-7-5-10-4-6-13-9-10/h10,13H,4-9H2,1-3H3,(H,14,15). The third-order valence-corrected chi connectivity index (χ3v) is 3.18. The fraction of sp³-hybridized carbons (Fsp3) is 0.917. The third kappa shape index (κ3) is 4.94. The van der Waals surface area contributed by atoms with Gasteiger partial charge in [-0.05, 0) is 45.7 Å². The molecule has 2 N–H and O–H groups in total. The number of hydrogen-bond acceptors (Lipinski definition) is 3. The Morgan fingerprint density at radius 1 is 1.56 bits per heavy atom. The number of amides is 1. The molecule has 1 saturated heterocycles. The molecule has 1 aliphatic heterocycles. The molecule has 1 fully saturated rings. The van der Waals surface area contributed by atoms with Crippen molar-refractivity contribution in [3.63, 3.8) is 0 Å². The Morgan fingerprint density at radius 3 is 2.88 bits per heavy atom. The molecule has 1 aliphatic rings. The average molecular weight is 228 g/mol. The Hall–Kier alpha value is -0.610. The summed E-state index contributed by atoms with van der Waals surface area (Å²) < 4.78 is 5.22. The first kappa shape index (κ1) is 13.5. The lowest BCUT2D eigenvalue weighted by Gasteiger charge is -2.22. The largest absolute Gasteiger partial charge is 0.378 e. The van der Waals surface area contributed by atoms with Gasteiger partial charge in [0.05, 0.1) is 12.0 Å². The number of carbonyl (C=O) groups is 1. The number of ether oxygens (including phenoxy) is 1. The van der Waals surface area contributed by atoms with Gasteiger partial charge < -0.3 is 15.4 Å². The molecule has 1 atom stereocenters. The first-order valence-electron chi connectivity index (χ1n) is 6.06. The molecule has 0 bridgehead atoms. The highest BCUT2D eigenvalue weighted by Gasteiger charge is 2.21. The lowest BCUT2D eigenvalue weighted by Crippen LogP contribution is -2.34. The highest BCUT2D eigenvalue weighted by atomic mass is 16.5. The average Bonchev–Trinajstić information content (AvgIpc) is 2.70. The maximum Gasteiger partial charge on any atom is 0.222 e. The molecule has 1 heterocycles. The van der Waals surface area contributed by atoms with Crippen LogP contribution >= 0.6 is 0 Å². The van der Waals surface area contributed by atoms with Crippen LogP contribution in [-0.4, -0.2) is 38.3 Å². The monoisotopic (exact) mass is 228 g/mol. The summed E-state index contributed by atoms with van der Waals surface area (Å²) in [5, 5.41) is 6.28. The van der Waals surface area contributed by atoms with E-state index in [1.807, 2.05) is 13.8 Å². The Balaban J connectivity index is 2.10. The third-order valence-electron chi connectivity index (χ3n) is 3.18. The summed E-state index contributed by atoms with van der Waals surface area (Å²) in [5.74, 6) is 0.813. The molecule has 0 aliphatic carbocycles. The van der Waals surface area contributed by atoms with Gasteiger partial charge in [0.2, 0.25) is 5.91 Å². The van der Waals surface area contributed by atoms with Crippen molar-refractivity contribution in [3.05, 3.63) is 0 Å². The molecule has 1 amide bonds. The maximum absolute atomic E-state index is 11.6. The van der Waals surface area contributed by atoms with E-state index in [0.717, 1.165) is 32.0 Å². The molecule has 1 unspecified atom stereocenters. The van der Waals surface area contributed by atoms with Gasteiger partial charge in [-0.1, -0.05) is 0 Å². The Bertz CT molecular complexity index is 223. The van der Waals surface area contributed by atoms with Crippen molar-refractivity contribution < 1.29 is 9.53 Å². The number of methoxy groups -OCH3 is 1. The van der Waals surface area contributed by atoms with Crippen molar-refractivity contribution in [1.29, 1.82) is 0 Å². The van der Waals surface area contributed by atoms with Crippen LogP contribution in [0, 0.1) is 5.92 Å². The molecule has 0 spiro atoms. The number of carbonyl (C=O) groups excluding carboxylic acids is 1. The molecule has 4 heteroatoms. The maximum atomic E-state index is 11.6. The highest BCUT2D eigenvalue weighted by Crippen LogP contribution is 2.13. The van der Waals surface area contributed by atoms with Gasteiger partial charge in [0, 0.05) is 13.7 Å². The molecule has 0 aromatic rings. The second-order valence-electron chi connectivity index (χ2n) is 5.14. The van der Waals surface area contributed by atoms with Gasteiger partial charge in [-0.2, -0.15) is 0 Å². The van der Waals surface area contributed by atoms with Crippen LogP contribution in [0.1, 0.15) is 33.1 Å². The smallest absolute Gasteiger partial charge is 0.222 e. The van der Waals surface area contributed by atoms with E-state index in [2.05, 4.69) is 10.6 Å². The molecule has 0 aromatic heterocycles. The minimum Gasteiger partial charge on any atom is -0.378 e. The van der Waals surface area contributed by atoms with E-state index in [4.69, 9.17) is 4.74 Å². The Morgan fingerprint density at radius 2 is 2.31 bits per heavy atom. The summed E-state index contributed by atoms with van der Waals surface area (Å²) in [6.45, 7) is 6.85. The second kappa shape index (κ2) is 6.21. The Labute approximate surface area is 98.1 Å². The van der Waals surface area contributed by atoms with E-state index in [1.165, 1.54) is 6.42 Å². The molecular weight excluding hydrogens is 204 g/mol. The lowest BCUT2D eigenvalue weighted by atomic mass is 10.0. The summed E-state index contributed by atoms with van der Waals surface area (Å²) in [5.41, 5.74) is -0.362. The molecular formula is C12H24N2O2. The van der Waals surface area contributed by atoms with Crippen molar-refractivity contribution in [3.8, 4) is 0 Å². The number of hydrogen-bond donors (Lipinski definition) is 2. The summed E-state index contributed by atoms with van der Waals surface area (Å²) in [7, 11) is 1.64. The normalized spacial score (nSPS) is 21.1. The van der Waals surface area contributed by atoms with Gasteiger partial charge in [0.1, 0.15) is 0 Å². The van der Waals surface area contributed by atoms with E-state index >= 15 is 0 Å². The zero-order valence-corrected chi connectivity index (χ0v) is 10.6. The minimum atomic E-state index is -0.362. The van der Waals surface area contributed by atoms with Crippen LogP contribution in [0.4, 0.5) is 0 Å². The van der Waals surface area contributed by atoms with Gasteiger partial charge in [0.15, 0.2) is 0 Å². The molecule has 0 saturated carbocycles. The van der Waals surface area contributed by atoms with Crippen LogP contribution in [0.2, 0.25) is 0 Å². The van der Waals surface area contributed by atoms with Crippen molar-refractivity contribution in [2.45, 2.75) is 38.7 Å². The molecule has 16 heavy (non-hydrogen) atoms. The topological polar surface area (TPSA) is 50.4 Å². The highest BCUT2D eigenvalue weighted by molar-refractivity contribution is 5.76. The first-order chi connectivity index (χ1) is 7.53. The van der Waals surface area contributed by atoms with E-state index in [-0.39, 0.29) is 11.5 Å². The van der Waals surface area contributed by atoms with E-state index in [1.54, 1.807) is 7.11 Å². The quantitative estimate of drug-likeness (QED) is 0.710. The van der Waals surface area contributed by atoms with Crippen molar-refractivity contribution in [2.24, 2.45) is 5.92 Å². The Kier molecular flexibility index (Phi) is 5.22. The van der Waals surface area contributed by atoms with Crippen LogP contribution in [0.5, 0.6) is 0 Å². The zero-order chi connectivity index (χ0) is 12.0. The van der Waals surface area contributed by atoms with Crippen LogP contribution in [0.15, 0.2) is 0 Å². The summed E-state index contributed by atoms with van der Waals surface area (Å²) in [6, 6.07) is 0. The zero-order valence-electron chi connectivity index (χ0n) is 10.6. The molecule has 4 nitrogen and oxygen atoms in total. The molecule has 0 aromatic carbocycles. The second-order valence-corrected chi connectivity index (χ2v) is 5.14. The van der Waals surface area contributed by atoms with Crippen LogP contribution in [0.3, 0.4) is 0 Å². The van der Waals surface area contributed by atoms with Crippen molar-refractivity contribution >= 4 is 5.91 Å². The predicted molar refractivity (Wildman–Crippen MR) is 64.3 cm³/mol. The van der Waals surface area contributed by atoms with E-state index < -0.39 is 0 Å². The molecule has 94 valence electrons. The summed E-state index contributed by atoms with van der Waals surface area (Å²) in [4.78, 5) is 11.6. The molecule has 0 radical (unpaired) electrons. The van der Waals surface area contributed by atoms with Crippen LogP contribution in [-0.2, 0) is 9.53 Å². The summed E-state index contributed by atoms with van der Waals surface area (Å²) >= 11 is 0.